The van der Waals surface area contributed by atoms with Crippen LogP contribution >= 0.6 is 0 Å². The van der Waals surface area contributed by atoms with Crippen LogP contribution in [0.3, 0.4) is 0 Å². The molecule has 2 aromatic rings. The molecule has 0 amide bonds. The van der Waals surface area contributed by atoms with Crippen molar-refractivity contribution in [2.24, 2.45) is 0 Å². The number of nitrogens with zero attached hydrogens (tertiary/aromatic N) is 2. The molecular weight excluding hydrogens is 561 g/mol. The van der Waals surface area contributed by atoms with E-state index in [2.05, 4.69) is 34.7 Å². The third-order valence-corrected chi connectivity index (χ3v) is 12.3. The molecule has 0 radical (unpaired) electrons. The van der Waals surface area contributed by atoms with Gasteiger partial charge in [-0.25, -0.2) is 17.7 Å². The van der Waals surface area contributed by atoms with Gasteiger partial charge in [-0.05, 0) is 58.6 Å². The van der Waals surface area contributed by atoms with Crippen molar-refractivity contribution in [3.05, 3.63) is 86.9 Å². The van der Waals surface area contributed by atoms with Crippen LogP contribution in [-0.2, 0) is 16.0 Å². The maximum atomic E-state index is 16.5. The maximum Gasteiger partial charge on any atom is 0.310 e. The lowest BCUT2D eigenvalue weighted by Gasteiger charge is -2.40. The fourth-order valence-corrected chi connectivity index (χ4v) is 9.35. The number of hydrogen-bond donors (Lipinski definition) is 0. The van der Waals surface area contributed by atoms with Gasteiger partial charge >= 0.3 is 5.97 Å². The lowest BCUT2D eigenvalue weighted by atomic mass is 9.85. The zero-order chi connectivity index (χ0) is 29.9. The van der Waals surface area contributed by atoms with Crippen molar-refractivity contribution in [2.45, 2.75) is 39.3 Å². The van der Waals surface area contributed by atoms with Crippen LogP contribution in [0.4, 0.5) is 18.9 Å². The Bertz CT molecular complexity index is 1680. The molecule has 0 N–H and O–H groups in total. The van der Waals surface area contributed by atoms with Gasteiger partial charge in [-0.15, -0.1) is 0 Å². The highest BCUT2D eigenvalue weighted by atomic mass is 28.3. The number of ether oxygens (including phenoxy) is 1. The molecule has 0 bridgehead atoms. The summed E-state index contributed by atoms with van der Waals surface area (Å²) >= 11 is 0. The van der Waals surface area contributed by atoms with E-state index in [1.165, 1.54) is 6.92 Å². The average molecular weight is 593 g/mol. The minimum atomic E-state index is -2.48. The Balaban J connectivity index is 1.68. The minimum absolute atomic E-state index is 0.0366. The second-order valence-electron chi connectivity index (χ2n) is 11.6. The number of carboxylic acids is 1. The highest BCUT2D eigenvalue weighted by Crippen LogP contribution is 2.45. The molecule has 0 atom stereocenters. The Kier molecular flexibility index (Phi) is 6.99. The van der Waals surface area contributed by atoms with Crippen LogP contribution in [0.5, 0.6) is 0 Å². The Hall–Kier alpha value is -3.92. The van der Waals surface area contributed by atoms with Crippen LogP contribution in [0.2, 0.25) is 13.1 Å². The number of hydrogen-bond acceptors (Lipinski definition) is 5. The average Bonchev–Trinajstić information content (AvgIpc) is 2.88. The van der Waals surface area contributed by atoms with E-state index in [1.807, 2.05) is 24.3 Å². The molecule has 2 fully saturated rings. The van der Waals surface area contributed by atoms with Crippen LogP contribution in [-0.4, -0.2) is 63.1 Å². The summed E-state index contributed by atoms with van der Waals surface area (Å²) in [5.74, 6) is -7.82. The first-order valence-electron chi connectivity index (χ1n) is 14.3. The van der Waals surface area contributed by atoms with E-state index in [9.17, 15) is 14.7 Å². The fourth-order valence-electron chi connectivity index (χ4n) is 6.28. The molecular formula is C32H31F3N2O4Si. The lowest BCUT2D eigenvalue weighted by Crippen LogP contribution is -2.50. The summed E-state index contributed by atoms with van der Waals surface area (Å²) < 4.78 is 54.4. The number of carbonyl (C=O) groups excluding carboxylic acids is 2. The molecule has 0 spiro atoms. The number of halogens is 3. The van der Waals surface area contributed by atoms with Crippen LogP contribution in [0.1, 0.15) is 46.8 Å². The minimum Gasteiger partial charge on any atom is -0.545 e. The monoisotopic (exact) mass is 592 g/mol. The standard InChI is InChI=1S/C32H31F3N2O4Si/c1-4-41-25(38)17-22-29(33)27(28(32(39)40)31(35)30(22)34)26-20-9-7-18(36-11-5-12-36)15-23(20)42(2,3)24-16-19(8-10-21(24)26)37-13-6-14-37/h7-10,15-16H,4-6,11-14,17H2,1-3H3. The molecule has 4 aliphatic rings. The van der Waals surface area contributed by atoms with E-state index in [-0.39, 0.29) is 12.2 Å². The lowest BCUT2D eigenvalue weighted by molar-refractivity contribution is -0.582. The third-order valence-electron chi connectivity index (χ3n) is 8.83. The predicted molar refractivity (Wildman–Crippen MR) is 154 cm³/mol. The van der Waals surface area contributed by atoms with Gasteiger partial charge in [0.1, 0.15) is 27.0 Å². The Morgan fingerprint density at radius 1 is 1.05 bits per heavy atom. The van der Waals surface area contributed by atoms with Crippen molar-refractivity contribution in [1.82, 2.24) is 0 Å². The molecule has 10 heteroatoms. The summed E-state index contributed by atoms with van der Waals surface area (Å²) in [6.45, 7) is 9.53. The predicted octanol–water partition coefficient (Wildman–Crippen LogP) is 3.41. The Labute approximate surface area is 243 Å². The van der Waals surface area contributed by atoms with E-state index in [1.54, 1.807) is 0 Å². The topological polar surface area (TPSA) is 72.7 Å². The van der Waals surface area contributed by atoms with Crippen LogP contribution in [0, 0.1) is 17.5 Å². The van der Waals surface area contributed by atoms with Crippen molar-refractivity contribution in [3.63, 3.8) is 0 Å². The summed E-state index contributed by atoms with van der Waals surface area (Å²) in [6, 6.07) is 5.80. The van der Waals surface area contributed by atoms with E-state index in [0.29, 0.717) is 11.1 Å². The van der Waals surface area contributed by atoms with Gasteiger partial charge < -0.3 is 19.5 Å². The number of anilines is 1. The number of esters is 1. The zero-order valence-electron chi connectivity index (χ0n) is 23.8. The van der Waals surface area contributed by atoms with Crippen molar-refractivity contribution < 1.29 is 37.2 Å². The van der Waals surface area contributed by atoms with Crippen molar-refractivity contribution in [2.75, 3.05) is 37.7 Å². The largest absolute Gasteiger partial charge is 0.545 e. The summed E-state index contributed by atoms with van der Waals surface area (Å²) in [5.41, 5.74) is 0.602. The second-order valence-corrected chi connectivity index (χ2v) is 15.9. The molecule has 3 heterocycles. The Morgan fingerprint density at radius 3 is 2.38 bits per heavy atom. The van der Waals surface area contributed by atoms with Crippen molar-refractivity contribution in [3.8, 4) is 0 Å². The third kappa shape index (κ3) is 4.34. The number of allylic oxidation sites excluding steroid dienone is 5. The zero-order valence-corrected chi connectivity index (χ0v) is 24.8. The van der Waals surface area contributed by atoms with Gasteiger partial charge in [0.2, 0.25) is 0 Å². The van der Waals surface area contributed by atoms with Crippen LogP contribution in [0.25, 0.3) is 5.57 Å². The summed E-state index contributed by atoms with van der Waals surface area (Å²) in [5, 5.41) is 14.2. The Morgan fingerprint density at radius 2 is 1.79 bits per heavy atom. The number of benzene rings is 2. The van der Waals surface area contributed by atoms with Gasteiger partial charge in [0.25, 0.3) is 0 Å². The number of fused-ring (bicyclic) bond motifs is 2. The molecule has 6 nitrogen and oxygen atoms in total. The van der Waals surface area contributed by atoms with Crippen LogP contribution < -0.4 is 15.2 Å². The normalized spacial score (nSPS) is 18.6. The van der Waals surface area contributed by atoms with E-state index < -0.39 is 60.6 Å². The molecule has 42 heavy (non-hydrogen) atoms. The molecule has 0 aromatic heterocycles. The van der Waals surface area contributed by atoms with Gasteiger partial charge in [-0.1, -0.05) is 19.2 Å². The van der Waals surface area contributed by atoms with Crippen molar-refractivity contribution in [1.29, 1.82) is 0 Å². The maximum absolute atomic E-state index is 16.5. The van der Waals surface area contributed by atoms with Gasteiger partial charge in [-0.2, -0.15) is 0 Å². The number of aromatic carboxylic acids is 1. The molecule has 218 valence electrons. The molecule has 1 aliphatic carbocycles. The molecule has 3 aliphatic heterocycles. The van der Waals surface area contributed by atoms with Gasteiger partial charge in [0.05, 0.1) is 25.4 Å². The molecule has 2 saturated heterocycles. The smallest absolute Gasteiger partial charge is 0.310 e. The molecule has 0 saturated carbocycles. The van der Waals surface area contributed by atoms with Crippen molar-refractivity contribution >= 4 is 42.2 Å². The molecule has 0 unspecified atom stereocenters. The second kappa shape index (κ2) is 10.4. The molecule has 2 aromatic carbocycles. The van der Waals surface area contributed by atoms with Crippen LogP contribution in [0.15, 0.2) is 47.2 Å². The SMILES string of the molecule is CCOC(=O)Cc1c(F)c(F)c(C(=O)[O-])c(C2=C3C=CC(=[N+]4CCC4)C=C3[Si](C)(C)c3cc(N4CCC4)ccc32)c1F. The highest BCUT2D eigenvalue weighted by molar-refractivity contribution is 6.98. The van der Waals surface area contributed by atoms with E-state index in [0.717, 1.165) is 60.8 Å². The summed E-state index contributed by atoms with van der Waals surface area (Å²) in [4.78, 5) is 26.9. The van der Waals surface area contributed by atoms with E-state index >= 15 is 13.2 Å². The first-order chi connectivity index (χ1) is 20.0. The fraction of sp³-hybridized carbons (Fsp3) is 0.344. The summed E-state index contributed by atoms with van der Waals surface area (Å²) in [6.07, 6.45) is 7.07. The van der Waals surface area contributed by atoms with Gasteiger partial charge in [0, 0.05) is 47.6 Å². The van der Waals surface area contributed by atoms with Gasteiger partial charge in [0.15, 0.2) is 17.3 Å². The summed E-state index contributed by atoms with van der Waals surface area (Å²) in [7, 11) is -2.48. The molecule has 6 rings (SSSR count). The van der Waals surface area contributed by atoms with Gasteiger partial charge in [-0.3, -0.25) is 4.79 Å². The number of rotatable bonds is 6. The highest BCUT2D eigenvalue weighted by Gasteiger charge is 2.43. The first kappa shape index (κ1) is 28.2. The number of carboxylic acid groups (broad SMARTS) is 1. The first-order valence-corrected chi connectivity index (χ1v) is 17.3. The number of carbonyl (C=O) groups is 2. The quantitative estimate of drug-likeness (QED) is 0.223. The van der Waals surface area contributed by atoms with E-state index in [4.69, 9.17) is 4.74 Å².